The van der Waals surface area contributed by atoms with Crippen molar-refractivity contribution in [1.29, 1.82) is 0 Å². The number of hydrogen-bond donors (Lipinski definition) is 0. The van der Waals surface area contributed by atoms with Crippen molar-refractivity contribution >= 4 is 33.2 Å². The maximum absolute atomic E-state index is 5.12. The molecule has 5 nitrogen and oxygen atoms in total. The maximum atomic E-state index is 5.12. The van der Waals surface area contributed by atoms with Crippen molar-refractivity contribution in [2.24, 2.45) is 0 Å². The van der Waals surface area contributed by atoms with Crippen molar-refractivity contribution in [2.75, 3.05) is 11.9 Å². The molecule has 0 N–H and O–H groups in total. The summed E-state index contributed by atoms with van der Waals surface area (Å²) in [6, 6.07) is 42.5. The average Bonchev–Trinajstić information content (AvgIpc) is 3.72. The van der Waals surface area contributed by atoms with Crippen LogP contribution in [0.4, 0.5) is 11.4 Å². The second-order valence-electron chi connectivity index (χ2n) is 18.1. The summed E-state index contributed by atoms with van der Waals surface area (Å²) in [5.41, 5.74) is 10.6. The quantitative estimate of drug-likeness (QED) is 0.156. The van der Waals surface area contributed by atoms with E-state index in [-0.39, 0.29) is 42.7 Å². The number of hydrogen-bond acceptors (Lipinski definition) is 3. The van der Waals surface area contributed by atoms with Crippen LogP contribution in [0.15, 0.2) is 103 Å². The second-order valence-corrected chi connectivity index (χ2v) is 18.1. The van der Waals surface area contributed by atoms with Crippen molar-refractivity contribution in [1.82, 2.24) is 19.3 Å². The van der Waals surface area contributed by atoms with Gasteiger partial charge in [0, 0.05) is 40.7 Å². The third-order valence-corrected chi connectivity index (χ3v) is 10.7. The van der Waals surface area contributed by atoms with Gasteiger partial charge in [-0.2, -0.15) is 17.2 Å². The van der Waals surface area contributed by atoms with Crippen LogP contribution in [0, 0.1) is 12.1 Å². The predicted octanol–water partition coefficient (Wildman–Crippen LogP) is 11.9. The molecule has 0 amide bonds. The van der Waals surface area contributed by atoms with Crippen molar-refractivity contribution in [3.63, 3.8) is 0 Å². The number of fused-ring (bicyclic) bond motifs is 3. The van der Waals surface area contributed by atoms with Crippen molar-refractivity contribution in [3.05, 3.63) is 143 Å². The Hall–Kier alpha value is -4.47. The molecule has 0 unspecified atom stereocenters. The van der Waals surface area contributed by atoms with Crippen LogP contribution < -0.4 is 4.90 Å². The molecule has 4 aromatic carbocycles. The van der Waals surface area contributed by atoms with Crippen molar-refractivity contribution in [3.8, 4) is 11.5 Å². The molecular weight excluding hydrogens is 842 g/mol. The van der Waals surface area contributed by atoms with E-state index in [2.05, 4.69) is 207 Å². The third kappa shape index (κ3) is 7.20. The Morgan fingerprint density at radius 3 is 1.96 bits per heavy atom. The molecule has 0 aliphatic rings. The molecule has 0 atom stereocenters. The van der Waals surface area contributed by atoms with E-state index in [0.717, 1.165) is 50.7 Å². The van der Waals surface area contributed by atoms with E-state index >= 15 is 0 Å². The SMILES string of the molecule is CN(c1[c-]c(-n2nc(C(C)(C)C)cc2C(C)(C)C)ccc1)c1[c-]c2c(cc1)c1cc(C(C)(C)C)ccc1n2-c1cc(C(C)(C)c2ccccc2)ccn1.[Pt+2]. The van der Waals surface area contributed by atoms with E-state index in [9.17, 15) is 0 Å². The summed E-state index contributed by atoms with van der Waals surface area (Å²) in [4.78, 5) is 7.16. The zero-order valence-electron chi connectivity index (χ0n) is 33.9. The fourth-order valence-electron chi connectivity index (χ4n) is 7.14. The molecule has 7 rings (SSSR count). The van der Waals surface area contributed by atoms with Crippen LogP contribution in [-0.4, -0.2) is 26.4 Å². The molecule has 54 heavy (non-hydrogen) atoms. The van der Waals surface area contributed by atoms with E-state index in [1.807, 2.05) is 6.20 Å². The molecule has 0 saturated heterocycles. The summed E-state index contributed by atoms with van der Waals surface area (Å²) in [7, 11) is 2.09. The Labute approximate surface area is 336 Å². The smallest absolute Gasteiger partial charge is 0.391 e. The molecule has 0 radical (unpaired) electrons. The zero-order valence-corrected chi connectivity index (χ0v) is 36.1. The first-order valence-electron chi connectivity index (χ1n) is 18.7. The van der Waals surface area contributed by atoms with Crippen LogP contribution in [-0.2, 0) is 42.7 Å². The van der Waals surface area contributed by atoms with Gasteiger partial charge in [-0.05, 0) is 57.4 Å². The number of anilines is 2. The number of benzene rings is 4. The maximum Gasteiger partial charge on any atom is 2.00 e. The van der Waals surface area contributed by atoms with Gasteiger partial charge in [-0.15, -0.1) is 35.7 Å². The van der Waals surface area contributed by atoms with Crippen LogP contribution in [0.25, 0.3) is 33.3 Å². The molecule has 7 aromatic rings. The normalized spacial score (nSPS) is 12.7. The molecule has 6 heteroatoms. The Balaban J connectivity index is 0.00000497. The van der Waals surface area contributed by atoms with E-state index in [0.29, 0.717) is 0 Å². The van der Waals surface area contributed by atoms with E-state index < -0.39 is 0 Å². The van der Waals surface area contributed by atoms with Crippen LogP contribution in [0.2, 0.25) is 0 Å². The summed E-state index contributed by atoms with van der Waals surface area (Å²) in [5.74, 6) is 0.877. The van der Waals surface area contributed by atoms with Crippen molar-refractivity contribution in [2.45, 2.75) is 97.8 Å². The van der Waals surface area contributed by atoms with E-state index in [1.54, 1.807) is 0 Å². The van der Waals surface area contributed by atoms with Gasteiger partial charge in [0.05, 0.1) is 5.69 Å². The second kappa shape index (κ2) is 14.0. The van der Waals surface area contributed by atoms with Gasteiger partial charge in [-0.25, -0.2) is 4.98 Å². The first-order chi connectivity index (χ1) is 24.8. The molecule has 3 aromatic heterocycles. The topological polar surface area (TPSA) is 38.9 Å². The number of nitrogens with zero attached hydrogens (tertiary/aromatic N) is 5. The Morgan fingerprint density at radius 2 is 1.30 bits per heavy atom. The standard InChI is InChI=1S/C48H53N5.Pt/c1-45(2,3)33-21-24-40-39(27-33)38-23-22-36(30-41(38)52(40)44-28-34(25-26-49-44)48(10,11)32-17-14-13-15-18-32)51(12)35-19-16-20-37(29-35)53-43(47(7,8)9)31-42(50-53)46(4,5)6;/h13-28,31H,1-12H3;/q-2;+2. The van der Waals surface area contributed by atoms with E-state index in [1.165, 1.54) is 22.1 Å². The summed E-state index contributed by atoms with van der Waals surface area (Å²) >= 11 is 0. The van der Waals surface area contributed by atoms with Gasteiger partial charge in [0.2, 0.25) is 0 Å². The molecule has 0 aliphatic carbocycles. The van der Waals surface area contributed by atoms with Gasteiger partial charge in [-0.3, -0.25) is 4.68 Å². The first kappa shape index (κ1) is 39.2. The average molecular weight is 895 g/mol. The predicted molar refractivity (Wildman–Crippen MR) is 223 cm³/mol. The minimum Gasteiger partial charge on any atom is -0.391 e. The van der Waals surface area contributed by atoms with E-state index in [4.69, 9.17) is 10.1 Å². The molecular formula is C48H53N5Pt. The van der Waals surface area contributed by atoms with Crippen LogP contribution in [0.5, 0.6) is 0 Å². The zero-order chi connectivity index (χ0) is 38.1. The molecule has 3 heterocycles. The van der Waals surface area contributed by atoms with Gasteiger partial charge in [0.25, 0.3) is 0 Å². The first-order valence-corrected chi connectivity index (χ1v) is 18.7. The van der Waals surface area contributed by atoms with Crippen molar-refractivity contribution < 1.29 is 21.1 Å². The minimum absolute atomic E-state index is 0. The van der Waals surface area contributed by atoms with Gasteiger partial charge in [0.1, 0.15) is 5.82 Å². The molecule has 280 valence electrons. The molecule has 0 spiro atoms. The Kier molecular flexibility index (Phi) is 10.2. The summed E-state index contributed by atoms with van der Waals surface area (Å²) < 4.78 is 4.36. The molecule has 0 bridgehead atoms. The van der Waals surface area contributed by atoms with Gasteiger partial charge in [-0.1, -0.05) is 136 Å². The van der Waals surface area contributed by atoms with Gasteiger partial charge < -0.3 is 9.47 Å². The molecule has 0 aliphatic heterocycles. The van der Waals surface area contributed by atoms with Gasteiger partial charge in [0.15, 0.2) is 0 Å². The Bertz CT molecular complexity index is 2450. The van der Waals surface area contributed by atoms with Crippen LogP contribution >= 0.6 is 0 Å². The summed E-state index contributed by atoms with van der Waals surface area (Å²) in [6.45, 7) is 24.7. The largest absolute Gasteiger partial charge is 2.00 e. The monoisotopic (exact) mass is 894 g/mol. The number of pyridine rings is 1. The molecule has 0 fully saturated rings. The van der Waals surface area contributed by atoms with Crippen LogP contribution in [0.3, 0.4) is 0 Å². The number of aromatic nitrogens is 4. The fourth-order valence-corrected chi connectivity index (χ4v) is 7.14. The van der Waals surface area contributed by atoms with Gasteiger partial charge >= 0.3 is 21.1 Å². The summed E-state index contributed by atoms with van der Waals surface area (Å²) in [6.07, 6.45) is 1.94. The fraction of sp³-hybridized carbons (Fsp3) is 0.333. The molecule has 0 saturated carbocycles. The Morgan fingerprint density at radius 1 is 0.593 bits per heavy atom. The summed E-state index contributed by atoms with van der Waals surface area (Å²) in [5, 5.41) is 7.47. The minimum atomic E-state index is -0.206. The number of rotatable bonds is 6. The van der Waals surface area contributed by atoms with Crippen LogP contribution in [0.1, 0.15) is 104 Å². The third-order valence-electron chi connectivity index (χ3n) is 10.7.